The van der Waals surface area contributed by atoms with Gasteiger partial charge in [0.15, 0.2) is 0 Å². The van der Waals surface area contributed by atoms with E-state index in [9.17, 15) is 0 Å². The Bertz CT molecular complexity index is 274. The van der Waals surface area contributed by atoms with Crippen molar-refractivity contribution in [2.75, 3.05) is 0 Å². The molecule has 64 valence electrons. The average Bonchev–Trinajstić information content (AvgIpc) is 1.99. The summed E-state index contributed by atoms with van der Waals surface area (Å²) in [6.45, 7) is 4.02. The van der Waals surface area contributed by atoms with Crippen LogP contribution in [-0.2, 0) is 0 Å². The molecule has 0 aliphatic carbocycles. The molecule has 3 nitrogen and oxygen atoms in total. The van der Waals surface area contributed by atoms with Crippen molar-refractivity contribution in [1.29, 1.82) is 0 Å². The number of aliphatic imine (C=N–C) groups is 1. The van der Waals surface area contributed by atoms with Gasteiger partial charge in [-0.2, -0.15) is 0 Å². The van der Waals surface area contributed by atoms with Crippen LogP contribution in [0.4, 0.5) is 5.69 Å². The third-order valence-corrected chi connectivity index (χ3v) is 1.48. The Hall–Kier alpha value is -1.35. The fourth-order valence-electron chi connectivity index (χ4n) is 1.13. The largest absolute Gasteiger partial charge is 0.290 e. The number of hydroxylamine groups is 1. The lowest BCUT2D eigenvalue weighted by Crippen LogP contribution is -2.00. The third kappa shape index (κ3) is 2.36. The van der Waals surface area contributed by atoms with Gasteiger partial charge in [0.05, 0.1) is 5.69 Å². The van der Waals surface area contributed by atoms with Crippen LogP contribution in [0, 0.1) is 13.8 Å². The number of benzene rings is 1. The molecule has 0 aromatic heterocycles. The van der Waals surface area contributed by atoms with E-state index in [0.29, 0.717) is 0 Å². The zero-order valence-corrected chi connectivity index (χ0v) is 7.20. The van der Waals surface area contributed by atoms with Crippen LogP contribution in [-0.4, -0.2) is 11.5 Å². The van der Waals surface area contributed by atoms with Crippen LogP contribution in [0.25, 0.3) is 0 Å². The predicted octanol–water partition coefficient (Wildman–Crippen LogP) is 1.94. The van der Waals surface area contributed by atoms with Crippen molar-refractivity contribution in [2.24, 2.45) is 4.99 Å². The predicted molar refractivity (Wildman–Crippen MR) is 49.0 cm³/mol. The molecule has 0 aliphatic heterocycles. The molecule has 1 aromatic rings. The normalized spacial score (nSPS) is 10.6. The van der Waals surface area contributed by atoms with Crippen molar-refractivity contribution in [3.05, 3.63) is 29.3 Å². The van der Waals surface area contributed by atoms with Gasteiger partial charge in [0.1, 0.15) is 6.34 Å². The van der Waals surface area contributed by atoms with E-state index in [2.05, 4.69) is 11.1 Å². The molecule has 0 fully saturated rings. The molecule has 0 heterocycles. The third-order valence-electron chi connectivity index (χ3n) is 1.48. The zero-order valence-electron chi connectivity index (χ0n) is 7.20. The molecule has 0 saturated carbocycles. The Morgan fingerprint density at radius 2 is 1.83 bits per heavy atom. The molecule has 2 N–H and O–H groups in total. The molecule has 0 amide bonds. The lowest BCUT2D eigenvalue weighted by molar-refractivity contribution is 0.240. The second-order valence-electron chi connectivity index (χ2n) is 2.73. The van der Waals surface area contributed by atoms with E-state index in [4.69, 9.17) is 5.21 Å². The summed E-state index contributed by atoms with van der Waals surface area (Å²) in [5.41, 5.74) is 5.04. The van der Waals surface area contributed by atoms with E-state index in [0.717, 1.165) is 5.69 Å². The maximum atomic E-state index is 8.27. The summed E-state index contributed by atoms with van der Waals surface area (Å²) < 4.78 is 0. The Labute approximate surface area is 71.7 Å². The van der Waals surface area contributed by atoms with Crippen LogP contribution in [0.2, 0.25) is 0 Å². The van der Waals surface area contributed by atoms with E-state index in [1.54, 1.807) is 0 Å². The highest BCUT2D eigenvalue weighted by Gasteiger charge is 1.91. The van der Waals surface area contributed by atoms with Crippen LogP contribution in [0.3, 0.4) is 0 Å². The molecule has 0 unspecified atom stereocenters. The van der Waals surface area contributed by atoms with E-state index in [-0.39, 0.29) is 0 Å². The molecule has 0 spiro atoms. The highest BCUT2D eigenvalue weighted by molar-refractivity contribution is 5.60. The Morgan fingerprint density at radius 3 is 2.33 bits per heavy atom. The minimum atomic E-state index is 0.842. The summed E-state index contributed by atoms with van der Waals surface area (Å²) in [5.74, 6) is 0. The van der Waals surface area contributed by atoms with Crippen molar-refractivity contribution < 1.29 is 5.21 Å². The van der Waals surface area contributed by atoms with Crippen molar-refractivity contribution in [3.63, 3.8) is 0 Å². The van der Waals surface area contributed by atoms with Gasteiger partial charge in [-0.15, -0.1) is 0 Å². The molecule has 1 aromatic carbocycles. The number of aryl methyl sites for hydroxylation is 2. The second kappa shape index (κ2) is 3.88. The molecule has 1 rings (SSSR count). The van der Waals surface area contributed by atoms with Gasteiger partial charge in [-0.3, -0.25) is 10.7 Å². The Kier molecular flexibility index (Phi) is 2.82. The van der Waals surface area contributed by atoms with Crippen molar-refractivity contribution in [1.82, 2.24) is 5.48 Å². The molecule has 0 aliphatic rings. The van der Waals surface area contributed by atoms with Crippen LogP contribution >= 0.6 is 0 Å². The fourth-order valence-corrected chi connectivity index (χ4v) is 1.13. The standard InChI is InChI=1S/C9H12N2O/c1-7-3-8(2)5-9(4-7)10-6-11-12/h3-6,12H,1-2H3,(H,10,11). The smallest absolute Gasteiger partial charge is 0.113 e. The van der Waals surface area contributed by atoms with E-state index in [1.165, 1.54) is 17.5 Å². The Balaban J connectivity index is 2.93. The number of nitrogens with one attached hydrogen (secondary N) is 1. The highest BCUT2D eigenvalue weighted by atomic mass is 16.5. The maximum absolute atomic E-state index is 8.27. The SMILES string of the molecule is Cc1cc(C)cc(N=CNO)c1. The monoisotopic (exact) mass is 164 g/mol. The zero-order chi connectivity index (χ0) is 8.97. The summed E-state index contributed by atoms with van der Waals surface area (Å²) in [6.07, 6.45) is 1.24. The highest BCUT2D eigenvalue weighted by Crippen LogP contribution is 2.15. The topological polar surface area (TPSA) is 44.6 Å². The van der Waals surface area contributed by atoms with Gasteiger partial charge in [-0.05, 0) is 37.1 Å². The minimum Gasteiger partial charge on any atom is -0.290 e. The van der Waals surface area contributed by atoms with Crippen LogP contribution < -0.4 is 5.48 Å². The first kappa shape index (κ1) is 8.74. The quantitative estimate of drug-likeness (QED) is 0.398. The van der Waals surface area contributed by atoms with Crippen LogP contribution in [0.15, 0.2) is 23.2 Å². The second-order valence-corrected chi connectivity index (χ2v) is 2.73. The maximum Gasteiger partial charge on any atom is 0.113 e. The average molecular weight is 164 g/mol. The summed E-state index contributed by atoms with van der Waals surface area (Å²) in [6, 6.07) is 5.97. The molecule has 3 heteroatoms. The molecule has 12 heavy (non-hydrogen) atoms. The van der Waals surface area contributed by atoms with Crippen LogP contribution in [0.1, 0.15) is 11.1 Å². The first-order chi connectivity index (χ1) is 5.72. The number of nitrogens with zero attached hydrogens (tertiary/aromatic N) is 1. The number of rotatable bonds is 2. The van der Waals surface area contributed by atoms with Gasteiger partial charge in [-0.25, -0.2) is 4.99 Å². The van der Waals surface area contributed by atoms with Gasteiger partial charge in [0.25, 0.3) is 0 Å². The first-order valence-electron chi connectivity index (χ1n) is 3.73. The molecular weight excluding hydrogens is 152 g/mol. The summed E-state index contributed by atoms with van der Waals surface area (Å²) in [7, 11) is 0. The summed E-state index contributed by atoms with van der Waals surface area (Å²) in [4.78, 5) is 3.96. The molecule has 0 atom stereocenters. The van der Waals surface area contributed by atoms with Crippen molar-refractivity contribution >= 4 is 12.0 Å². The fraction of sp³-hybridized carbons (Fsp3) is 0.222. The van der Waals surface area contributed by atoms with Crippen LogP contribution in [0.5, 0.6) is 0 Å². The molecule has 0 saturated heterocycles. The van der Waals surface area contributed by atoms with Gasteiger partial charge >= 0.3 is 0 Å². The van der Waals surface area contributed by atoms with E-state index < -0.39 is 0 Å². The summed E-state index contributed by atoms with van der Waals surface area (Å²) >= 11 is 0. The van der Waals surface area contributed by atoms with Gasteiger partial charge < -0.3 is 0 Å². The number of hydrogen-bond acceptors (Lipinski definition) is 2. The lowest BCUT2D eigenvalue weighted by atomic mass is 10.1. The van der Waals surface area contributed by atoms with E-state index in [1.807, 2.05) is 31.5 Å². The van der Waals surface area contributed by atoms with E-state index >= 15 is 0 Å². The number of hydrogen-bond donors (Lipinski definition) is 2. The molecule has 0 bridgehead atoms. The van der Waals surface area contributed by atoms with Gasteiger partial charge in [0.2, 0.25) is 0 Å². The molecular formula is C9H12N2O. The lowest BCUT2D eigenvalue weighted by Gasteiger charge is -1.98. The van der Waals surface area contributed by atoms with Crippen molar-refractivity contribution in [2.45, 2.75) is 13.8 Å². The minimum absolute atomic E-state index is 0.842. The van der Waals surface area contributed by atoms with Gasteiger partial charge in [0, 0.05) is 0 Å². The first-order valence-corrected chi connectivity index (χ1v) is 3.73. The van der Waals surface area contributed by atoms with Crippen molar-refractivity contribution in [3.8, 4) is 0 Å². The molecule has 0 radical (unpaired) electrons. The summed E-state index contributed by atoms with van der Waals surface area (Å²) in [5, 5.41) is 8.27. The Morgan fingerprint density at radius 1 is 1.25 bits per heavy atom. The van der Waals surface area contributed by atoms with Gasteiger partial charge in [-0.1, -0.05) is 6.07 Å².